The molecule has 2 rings (SSSR count). The van der Waals surface area contributed by atoms with Crippen LogP contribution in [0.4, 0.5) is 5.69 Å². The molecule has 86 valence electrons. The lowest BCUT2D eigenvalue weighted by molar-refractivity contribution is -0.386. The van der Waals surface area contributed by atoms with E-state index in [1.807, 2.05) is 30.3 Å². The van der Waals surface area contributed by atoms with Crippen molar-refractivity contribution >= 4 is 17.4 Å². The molecule has 0 aliphatic heterocycles. The molecule has 2 aromatic rings. The molecule has 0 aliphatic carbocycles. The maximum atomic E-state index is 10.7. The molecular formula is C12H9NO3S. The summed E-state index contributed by atoms with van der Waals surface area (Å²) in [7, 11) is 0. The predicted octanol–water partition coefficient (Wildman–Crippen LogP) is 3.45. The lowest BCUT2D eigenvalue weighted by Crippen LogP contribution is -1.88. The van der Waals surface area contributed by atoms with Gasteiger partial charge in [-0.1, -0.05) is 30.0 Å². The number of benzene rings is 2. The molecule has 0 saturated heterocycles. The van der Waals surface area contributed by atoms with Gasteiger partial charge in [0.25, 0.3) is 0 Å². The molecule has 1 N–H and O–H groups in total. The van der Waals surface area contributed by atoms with E-state index in [1.54, 1.807) is 6.07 Å². The quantitative estimate of drug-likeness (QED) is 0.666. The van der Waals surface area contributed by atoms with Crippen molar-refractivity contribution in [2.24, 2.45) is 0 Å². The molecule has 5 heteroatoms. The Labute approximate surface area is 102 Å². The fraction of sp³-hybridized carbons (Fsp3) is 0. The fourth-order valence-corrected chi connectivity index (χ4v) is 2.21. The third-order valence-corrected chi connectivity index (χ3v) is 3.12. The summed E-state index contributed by atoms with van der Waals surface area (Å²) in [6.07, 6.45) is 0. The van der Waals surface area contributed by atoms with Crippen molar-refractivity contribution in [3.05, 3.63) is 58.6 Å². The molecule has 17 heavy (non-hydrogen) atoms. The zero-order valence-corrected chi connectivity index (χ0v) is 9.55. The molecule has 0 atom stereocenters. The number of phenols is 1. The third kappa shape index (κ3) is 2.76. The summed E-state index contributed by atoms with van der Waals surface area (Å²) in [6.45, 7) is 0. The average molecular weight is 247 g/mol. The van der Waals surface area contributed by atoms with Gasteiger partial charge in [0.2, 0.25) is 0 Å². The van der Waals surface area contributed by atoms with Crippen molar-refractivity contribution in [2.45, 2.75) is 9.79 Å². The van der Waals surface area contributed by atoms with Crippen LogP contribution in [0.3, 0.4) is 0 Å². The summed E-state index contributed by atoms with van der Waals surface area (Å²) in [5.74, 6) is -0.313. The number of phenolic OH excluding ortho intramolecular Hbond substituents is 1. The number of hydrogen-bond donors (Lipinski definition) is 1. The normalized spacial score (nSPS) is 10.1. The van der Waals surface area contributed by atoms with Gasteiger partial charge in [-0.15, -0.1) is 0 Å². The van der Waals surface area contributed by atoms with Gasteiger partial charge in [-0.2, -0.15) is 0 Å². The fourth-order valence-electron chi connectivity index (χ4n) is 1.34. The van der Waals surface area contributed by atoms with E-state index in [2.05, 4.69) is 0 Å². The van der Waals surface area contributed by atoms with Crippen LogP contribution < -0.4 is 0 Å². The molecule has 0 saturated carbocycles. The van der Waals surface area contributed by atoms with E-state index in [9.17, 15) is 15.2 Å². The summed E-state index contributed by atoms with van der Waals surface area (Å²) in [5.41, 5.74) is -0.272. The van der Waals surface area contributed by atoms with Crippen molar-refractivity contribution in [3.8, 4) is 5.75 Å². The first kappa shape index (κ1) is 11.5. The molecule has 0 spiro atoms. The van der Waals surface area contributed by atoms with Gasteiger partial charge in [0.1, 0.15) is 0 Å². The first-order valence-corrected chi connectivity index (χ1v) is 5.69. The minimum atomic E-state index is -0.593. The van der Waals surface area contributed by atoms with Crippen molar-refractivity contribution in [1.82, 2.24) is 0 Å². The van der Waals surface area contributed by atoms with Crippen LogP contribution in [0.25, 0.3) is 0 Å². The molecule has 0 unspecified atom stereocenters. The SMILES string of the molecule is O=[N+]([O-])c1cc(Sc2ccccc2)ccc1O. The first-order chi connectivity index (χ1) is 8.16. The van der Waals surface area contributed by atoms with E-state index in [4.69, 9.17) is 0 Å². The Morgan fingerprint density at radius 3 is 2.41 bits per heavy atom. The largest absolute Gasteiger partial charge is 0.502 e. The first-order valence-electron chi connectivity index (χ1n) is 4.87. The van der Waals surface area contributed by atoms with Gasteiger partial charge in [0.05, 0.1) is 4.92 Å². The summed E-state index contributed by atoms with van der Waals surface area (Å²) in [5, 5.41) is 20.0. The minimum absolute atomic E-state index is 0.272. The van der Waals surface area contributed by atoms with Crippen molar-refractivity contribution in [2.75, 3.05) is 0 Å². The third-order valence-electron chi connectivity index (χ3n) is 2.12. The maximum Gasteiger partial charge on any atom is 0.311 e. The average Bonchev–Trinajstić information content (AvgIpc) is 2.32. The Kier molecular flexibility index (Phi) is 3.30. The summed E-state index contributed by atoms with van der Waals surface area (Å²) in [4.78, 5) is 11.8. The van der Waals surface area contributed by atoms with E-state index < -0.39 is 4.92 Å². The summed E-state index contributed by atoms with van der Waals surface area (Å²) >= 11 is 1.41. The lowest BCUT2D eigenvalue weighted by Gasteiger charge is -2.02. The molecule has 2 aromatic carbocycles. The van der Waals surface area contributed by atoms with Gasteiger partial charge in [-0.25, -0.2) is 0 Å². The Morgan fingerprint density at radius 2 is 1.76 bits per heavy atom. The van der Waals surface area contributed by atoms with Crippen LogP contribution >= 0.6 is 11.8 Å². The van der Waals surface area contributed by atoms with Gasteiger partial charge < -0.3 is 5.11 Å². The Balaban J connectivity index is 2.29. The maximum absolute atomic E-state index is 10.7. The molecular weight excluding hydrogens is 238 g/mol. The Hall–Kier alpha value is -2.01. The van der Waals surface area contributed by atoms with Crippen LogP contribution in [0.5, 0.6) is 5.75 Å². The van der Waals surface area contributed by atoms with Crippen LogP contribution in [0.2, 0.25) is 0 Å². The van der Waals surface area contributed by atoms with E-state index in [0.717, 1.165) is 9.79 Å². The van der Waals surface area contributed by atoms with Gasteiger partial charge in [0.15, 0.2) is 5.75 Å². The molecule has 0 aromatic heterocycles. The van der Waals surface area contributed by atoms with E-state index in [-0.39, 0.29) is 11.4 Å². The number of nitro groups is 1. The second-order valence-electron chi connectivity index (χ2n) is 3.32. The zero-order valence-electron chi connectivity index (χ0n) is 8.74. The zero-order chi connectivity index (χ0) is 12.3. The van der Waals surface area contributed by atoms with Crippen LogP contribution in [-0.2, 0) is 0 Å². The number of nitro benzene ring substituents is 1. The molecule has 4 nitrogen and oxygen atoms in total. The highest BCUT2D eigenvalue weighted by Gasteiger charge is 2.13. The standard InChI is InChI=1S/C12H9NO3S/c14-12-7-6-10(8-11(12)13(15)16)17-9-4-2-1-3-5-9/h1-8,14H. The topological polar surface area (TPSA) is 63.4 Å². The Morgan fingerprint density at radius 1 is 1.06 bits per heavy atom. The van der Waals surface area contributed by atoms with Crippen molar-refractivity contribution in [1.29, 1.82) is 0 Å². The van der Waals surface area contributed by atoms with E-state index in [1.165, 1.54) is 23.9 Å². The van der Waals surface area contributed by atoms with Crippen LogP contribution in [0.1, 0.15) is 0 Å². The van der Waals surface area contributed by atoms with E-state index >= 15 is 0 Å². The van der Waals surface area contributed by atoms with Crippen molar-refractivity contribution < 1.29 is 10.0 Å². The molecule has 0 radical (unpaired) electrons. The number of nitrogens with zero attached hydrogens (tertiary/aromatic N) is 1. The number of hydrogen-bond acceptors (Lipinski definition) is 4. The van der Waals surface area contributed by atoms with Gasteiger partial charge in [-0.05, 0) is 24.3 Å². The van der Waals surface area contributed by atoms with Gasteiger partial charge in [-0.3, -0.25) is 10.1 Å². The molecule has 0 amide bonds. The smallest absolute Gasteiger partial charge is 0.311 e. The lowest BCUT2D eigenvalue weighted by atomic mass is 10.3. The Bertz CT molecular complexity index is 543. The second-order valence-corrected chi connectivity index (χ2v) is 4.47. The highest BCUT2D eigenvalue weighted by molar-refractivity contribution is 7.99. The highest BCUT2D eigenvalue weighted by atomic mass is 32.2. The summed E-state index contributed by atoms with van der Waals surface area (Å²) in [6, 6.07) is 13.9. The molecule has 0 bridgehead atoms. The van der Waals surface area contributed by atoms with Crippen molar-refractivity contribution in [3.63, 3.8) is 0 Å². The molecule has 0 heterocycles. The summed E-state index contributed by atoms with van der Waals surface area (Å²) < 4.78 is 0. The number of rotatable bonds is 3. The minimum Gasteiger partial charge on any atom is -0.502 e. The van der Waals surface area contributed by atoms with E-state index in [0.29, 0.717) is 0 Å². The van der Waals surface area contributed by atoms with Crippen LogP contribution in [-0.4, -0.2) is 10.0 Å². The van der Waals surface area contributed by atoms with Crippen LogP contribution in [0.15, 0.2) is 58.3 Å². The highest BCUT2D eigenvalue weighted by Crippen LogP contribution is 2.34. The molecule has 0 aliphatic rings. The predicted molar refractivity (Wildman–Crippen MR) is 65.3 cm³/mol. The van der Waals surface area contributed by atoms with Gasteiger partial charge in [0, 0.05) is 15.9 Å². The second kappa shape index (κ2) is 4.88. The van der Waals surface area contributed by atoms with Gasteiger partial charge >= 0.3 is 5.69 Å². The monoisotopic (exact) mass is 247 g/mol. The van der Waals surface area contributed by atoms with Crippen LogP contribution in [0, 0.1) is 10.1 Å². The number of aromatic hydroxyl groups is 1. The molecule has 0 fully saturated rings.